The quantitative estimate of drug-likeness (QED) is 0.802. The molecule has 0 aliphatic heterocycles. The molecule has 0 spiro atoms. The maximum Gasteiger partial charge on any atom is 0.338 e. The van der Waals surface area contributed by atoms with Crippen LogP contribution in [0.15, 0.2) is 42.5 Å². The van der Waals surface area contributed by atoms with Crippen LogP contribution in [0.5, 0.6) is 0 Å². The fraction of sp³-hybridized carbons (Fsp3) is 0.250. The first-order valence-corrected chi connectivity index (χ1v) is 8.22. The molecule has 6 heteroatoms. The van der Waals surface area contributed by atoms with Crippen molar-refractivity contribution in [2.24, 2.45) is 0 Å². The lowest BCUT2D eigenvalue weighted by Crippen LogP contribution is -2.10. The molecule has 0 saturated carbocycles. The normalized spacial score (nSPS) is 10.1. The van der Waals surface area contributed by atoms with Gasteiger partial charge in [0.2, 0.25) is 5.91 Å². The topological polar surface area (TPSA) is 81.7 Å². The van der Waals surface area contributed by atoms with E-state index in [9.17, 15) is 14.4 Å². The molecule has 0 fully saturated rings. The highest BCUT2D eigenvalue weighted by Crippen LogP contribution is 2.18. The monoisotopic (exact) mass is 355 g/mol. The lowest BCUT2D eigenvalue weighted by molar-refractivity contribution is -0.114. The summed E-state index contributed by atoms with van der Waals surface area (Å²) in [6, 6.07) is 11.7. The van der Waals surface area contributed by atoms with Crippen LogP contribution < -0.4 is 5.32 Å². The Morgan fingerprint density at radius 1 is 0.962 bits per heavy atom. The van der Waals surface area contributed by atoms with Crippen LogP contribution in [0.4, 0.5) is 5.69 Å². The number of ether oxygens (including phenoxy) is 2. The Balaban J connectivity index is 2.06. The molecule has 6 nitrogen and oxygen atoms in total. The Morgan fingerprint density at radius 3 is 2.35 bits per heavy atom. The van der Waals surface area contributed by atoms with E-state index in [0.29, 0.717) is 29.0 Å². The van der Waals surface area contributed by atoms with Crippen LogP contribution in [0.25, 0.3) is 0 Å². The van der Waals surface area contributed by atoms with Crippen molar-refractivity contribution < 1.29 is 23.9 Å². The number of amides is 1. The number of hydrogen-bond donors (Lipinski definition) is 1. The minimum Gasteiger partial charge on any atom is -0.462 e. The van der Waals surface area contributed by atoms with Crippen molar-refractivity contribution in [3.05, 3.63) is 64.7 Å². The molecule has 0 saturated heterocycles. The zero-order chi connectivity index (χ0) is 19.1. The van der Waals surface area contributed by atoms with Crippen molar-refractivity contribution >= 4 is 23.5 Å². The molecule has 26 heavy (non-hydrogen) atoms. The second-order valence-electron chi connectivity index (χ2n) is 5.71. The summed E-state index contributed by atoms with van der Waals surface area (Å²) in [6.45, 7) is 5.29. The molecule has 136 valence electrons. The number of carbonyl (C=O) groups is 3. The molecule has 1 N–H and O–H groups in total. The number of esters is 2. The molecule has 0 unspecified atom stereocenters. The fourth-order valence-corrected chi connectivity index (χ4v) is 2.31. The number of carbonyl (C=O) groups excluding carboxylic acids is 3. The van der Waals surface area contributed by atoms with Gasteiger partial charge in [0.25, 0.3) is 0 Å². The molecule has 2 aromatic rings. The Labute approximate surface area is 152 Å². The van der Waals surface area contributed by atoms with E-state index in [4.69, 9.17) is 9.47 Å². The van der Waals surface area contributed by atoms with Crippen LogP contribution >= 0.6 is 0 Å². The Kier molecular flexibility index (Phi) is 6.49. The van der Waals surface area contributed by atoms with Crippen molar-refractivity contribution in [3.8, 4) is 0 Å². The van der Waals surface area contributed by atoms with Gasteiger partial charge in [0.05, 0.1) is 17.7 Å². The zero-order valence-electron chi connectivity index (χ0n) is 15.0. The molecule has 0 aromatic heterocycles. The lowest BCUT2D eigenvalue weighted by atomic mass is 10.1. The maximum atomic E-state index is 12.3. The minimum atomic E-state index is -0.516. The molecule has 2 rings (SSSR count). The van der Waals surface area contributed by atoms with Crippen LogP contribution in [-0.2, 0) is 20.9 Å². The Hall–Kier alpha value is -3.15. The smallest absolute Gasteiger partial charge is 0.338 e. The van der Waals surface area contributed by atoms with E-state index in [-0.39, 0.29) is 12.5 Å². The van der Waals surface area contributed by atoms with Gasteiger partial charge in [-0.25, -0.2) is 9.59 Å². The number of rotatable bonds is 6. The van der Waals surface area contributed by atoms with Crippen molar-refractivity contribution in [2.45, 2.75) is 27.4 Å². The summed E-state index contributed by atoms with van der Waals surface area (Å²) in [5, 5.41) is 2.68. The number of nitrogens with one attached hydrogen (secondary N) is 1. The van der Waals surface area contributed by atoms with E-state index < -0.39 is 11.9 Å². The van der Waals surface area contributed by atoms with Gasteiger partial charge < -0.3 is 14.8 Å². The fourth-order valence-electron chi connectivity index (χ4n) is 2.31. The average molecular weight is 355 g/mol. The van der Waals surface area contributed by atoms with E-state index >= 15 is 0 Å². The summed E-state index contributed by atoms with van der Waals surface area (Å²) in [4.78, 5) is 35.2. The molecule has 0 bridgehead atoms. The molecule has 0 heterocycles. The van der Waals surface area contributed by atoms with Gasteiger partial charge in [0.15, 0.2) is 0 Å². The molecule has 0 aliphatic carbocycles. The van der Waals surface area contributed by atoms with Gasteiger partial charge in [0, 0.05) is 12.6 Å². The van der Waals surface area contributed by atoms with Gasteiger partial charge in [-0.15, -0.1) is 0 Å². The first kappa shape index (κ1) is 19.2. The Morgan fingerprint density at radius 2 is 1.65 bits per heavy atom. The third kappa shape index (κ3) is 5.17. The number of benzene rings is 2. The Bertz CT molecular complexity index is 829. The average Bonchev–Trinajstić information content (AvgIpc) is 2.61. The van der Waals surface area contributed by atoms with Crippen molar-refractivity contribution in [3.63, 3.8) is 0 Å². The number of aryl methyl sites for hydroxylation is 1. The van der Waals surface area contributed by atoms with Gasteiger partial charge >= 0.3 is 11.9 Å². The number of anilines is 1. The second-order valence-corrected chi connectivity index (χ2v) is 5.71. The summed E-state index contributed by atoms with van der Waals surface area (Å²) in [5.41, 5.74) is 2.83. The lowest BCUT2D eigenvalue weighted by Gasteiger charge is -2.10. The molecule has 1 amide bonds. The second kappa shape index (κ2) is 8.80. The predicted molar refractivity (Wildman–Crippen MR) is 97.0 cm³/mol. The third-order valence-corrected chi connectivity index (χ3v) is 3.59. The van der Waals surface area contributed by atoms with Gasteiger partial charge in [-0.2, -0.15) is 0 Å². The minimum absolute atomic E-state index is 0.0232. The molecule has 0 aliphatic rings. The van der Waals surface area contributed by atoms with Crippen LogP contribution in [-0.4, -0.2) is 24.5 Å². The first-order chi connectivity index (χ1) is 12.4. The van der Waals surface area contributed by atoms with Crippen molar-refractivity contribution in [1.82, 2.24) is 0 Å². The van der Waals surface area contributed by atoms with Gasteiger partial charge in [-0.1, -0.05) is 18.2 Å². The van der Waals surface area contributed by atoms with Crippen molar-refractivity contribution in [2.75, 3.05) is 11.9 Å². The van der Waals surface area contributed by atoms with Crippen LogP contribution in [0.3, 0.4) is 0 Å². The van der Waals surface area contributed by atoms with E-state index in [2.05, 4.69) is 5.32 Å². The summed E-state index contributed by atoms with van der Waals surface area (Å²) < 4.78 is 10.3. The molecular formula is C20H21NO5. The van der Waals surface area contributed by atoms with E-state index in [1.807, 2.05) is 6.92 Å². The first-order valence-electron chi connectivity index (χ1n) is 8.22. The highest BCUT2D eigenvalue weighted by atomic mass is 16.5. The standard InChI is InChI=1S/C20H21NO5/c1-4-25-19(23)16-7-5-6-15(10-16)12-26-20(24)17-9-8-13(2)18(11-17)21-14(3)22/h5-11H,4,12H2,1-3H3,(H,21,22). The SMILES string of the molecule is CCOC(=O)c1cccc(COC(=O)c2ccc(C)c(NC(C)=O)c2)c1. The molecular weight excluding hydrogens is 334 g/mol. The highest BCUT2D eigenvalue weighted by molar-refractivity contribution is 5.94. The highest BCUT2D eigenvalue weighted by Gasteiger charge is 2.12. The molecule has 0 radical (unpaired) electrons. The van der Waals surface area contributed by atoms with Crippen molar-refractivity contribution in [1.29, 1.82) is 0 Å². The summed E-state index contributed by atoms with van der Waals surface area (Å²) in [5.74, 6) is -1.15. The largest absolute Gasteiger partial charge is 0.462 e. The predicted octanol–water partition coefficient (Wildman–Crippen LogP) is 3.49. The van der Waals surface area contributed by atoms with Crippen LogP contribution in [0, 0.1) is 6.92 Å². The number of hydrogen-bond acceptors (Lipinski definition) is 5. The maximum absolute atomic E-state index is 12.3. The van der Waals surface area contributed by atoms with E-state index in [0.717, 1.165) is 5.56 Å². The molecule has 0 atom stereocenters. The summed E-state index contributed by atoms with van der Waals surface area (Å²) >= 11 is 0. The summed E-state index contributed by atoms with van der Waals surface area (Å²) in [6.07, 6.45) is 0. The van der Waals surface area contributed by atoms with Crippen LogP contribution in [0.2, 0.25) is 0 Å². The van der Waals surface area contributed by atoms with Gasteiger partial charge in [0.1, 0.15) is 6.61 Å². The van der Waals surface area contributed by atoms with E-state index in [1.165, 1.54) is 6.92 Å². The van der Waals surface area contributed by atoms with Gasteiger partial charge in [-0.3, -0.25) is 4.79 Å². The van der Waals surface area contributed by atoms with E-state index in [1.54, 1.807) is 49.4 Å². The third-order valence-electron chi connectivity index (χ3n) is 3.59. The van der Waals surface area contributed by atoms with Gasteiger partial charge in [-0.05, 0) is 49.2 Å². The molecule has 2 aromatic carbocycles. The van der Waals surface area contributed by atoms with Crippen LogP contribution in [0.1, 0.15) is 45.7 Å². The summed E-state index contributed by atoms with van der Waals surface area (Å²) in [7, 11) is 0. The zero-order valence-corrected chi connectivity index (χ0v) is 15.0.